The molecule has 0 radical (unpaired) electrons. The molecule has 3 heterocycles. The predicted molar refractivity (Wildman–Crippen MR) is 94.7 cm³/mol. The van der Waals surface area contributed by atoms with E-state index >= 15 is 0 Å². The van der Waals surface area contributed by atoms with Gasteiger partial charge >= 0.3 is 0 Å². The van der Waals surface area contributed by atoms with Crippen LogP contribution in [0, 0.1) is 11.8 Å². The highest BCUT2D eigenvalue weighted by Crippen LogP contribution is 2.50. The lowest BCUT2D eigenvalue weighted by Crippen LogP contribution is -3.00. The molecule has 3 amide bonds. The maximum Gasteiger partial charge on any atom is 0.291 e. The Balaban J connectivity index is 1.87. The molecular formula is C18H21ClN3O5+. The lowest BCUT2D eigenvalue weighted by molar-refractivity contribution is -0.738. The van der Waals surface area contributed by atoms with Crippen LogP contribution in [0.2, 0.25) is 5.02 Å². The molecule has 9 heteroatoms. The van der Waals surface area contributed by atoms with Crippen LogP contribution >= 0.6 is 11.6 Å². The van der Waals surface area contributed by atoms with Crippen LogP contribution in [-0.2, 0) is 24.7 Å². The number of halogens is 1. The van der Waals surface area contributed by atoms with Crippen molar-refractivity contribution in [2.75, 3.05) is 25.6 Å². The summed E-state index contributed by atoms with van der Waals surface area (Å²) in [6.07, 6.45) is -0.882. The first-order valence-corrected chi connectivity index (χ1v) is 9.21. The number of hydrogen-bond donors (Lipinski definition) is 3. The zero-order valence-corrected chi connectivity index (χ0v) is 15.7. The van der Waals surface area contributed by atoms with Crippen LogP contribution in [0.25, 0.3) is 0 Å². The third kappa shape index (κ3) is 2.30. The second-order valence-electron chi connectivity index (χ2n) is 7.29. The SMILES string of the molecule is COCCN1C(=O)[C@@H]2[C@H]([C@@H](C)O)[NH2+][C@]3(C(=O)Nc4c(Cl)cccc43)[C@@H]2C1=O. The molecule has 3 aliphatic heterocycles. The minimum absolute atomic E-state index is 0.119. The molecule has 4 N–H and O–H groups in total. The number of benzene rings is 1. The molecule has 0 unspecified atom stereocenters. The number of likely N-dealkylation sites (tertiary alicyclic amines) is 1. The van der Waals surface area contributed by atoms with E-state index in [1.807, 2.05) is 0 Å². The molecule has 5 atom stereocenters. The first-order chi connectivity index (χ1) is 12.8. The minimum atomic E-state index is -1.32. The number of ether oxygens (including phenoxy) is 1. The second kappa shape index (κ2) is 6.27. The second-order valence-corrected chi connectivity index (χ2v) is 7.70. The van der Waals surface area contributed by atoms with Gasteiger partial charge in [0.1, 0.15) is 24.0 Å². The fourth-order valence-corrected chi connectivity index (χ4v) is 5.00. The number of carbonyl (C=O) groups is 3. The number of fused-ring (bicyclic) bond motifs is 4. The van der Waals surface area contributed by atoms with E-state index in [4.69, 9.17) is 16.3 Å². The van der Waals surface area contributed by atoms with Crippen molar-refractivity contribution < 1.29 is 29.5 Å². The topological polar surface area (TPSA) is 113 Å². The molecule has 4 rings (SSSR count). The Labute approximate surface area is 160 Å². The summed E-state index contributed by atoms with van der Waals surface area (Å²) < 4.78 is 5.01. The number of aliphatic hydroxyl groups is 1. The average Bonchev–Trinajstić information content (AvgIpc) is 3.21. The zero-order chi connectivity index (χ0) is 19.5. The third-order valence-electron chi connectivity index (χ3n) is 5.95. The van der Waals surface area contributed by atoms with E-state index in [9.17, 15) is 19.5 Å². The number of carbonyl (C=O) groups excluding carboxylic acids is 3. The first kappa shape index (κ1) is 18.4. The number of rotatable bonds is 4. The van der Waals surface area contributed by atoms with Gasteiger partial charge in [0, 0.05) is 12.7 Å². The highest BCUT2D eigenvalue weighted by molar-refractivity contribution is 6.35. The van der Waals surface area contributed by atoms with Crippen LogP contribution in [0.1, 0.15) is 12.5 Å². The summed E-state index contributed by atoms with van der Waals surface area (Å²) in [7, 11) is 1.49. The third-order valence-corrected chi connectivity index (χ3v) is 6.27. The summed E-state index contributed by atoms with van der Waals surface area (Å²) in [5, 5.41) is 15.1. The highest BCUT2D eigenvalue weighted by atomic mass is 35.5. The standard InChI is InChI=1S/C18H20ClN3O5/c1-8(23)13-11-12(16(25)22(15(11)24)6-7-27-2)18(21-13)9-4-3-5-10(19)14(9)20-17(18)26/h3-5,8,11-13,21,23H,6-7H2,1-2H3,(H,20,26)/p+1/t8-,11+,12+,13+,18+/m1/s1. The van der Waals surface area contributed by atoms with Gasteiger partial charge in [-0.05, 0) is 19.1 Å². The number of anilines is 1. The summed E-state index contributed by atoms with van der Waals surface area (Å²) in [4.78, 5) is 40.5. The number of nitrogens with one attached hydrogen (secondary N) is 1. The number of amides is 3. The number of nitrogens with zero attached hydrogens (tertiary/aromatic N) is 1. The van der Waals surface area contributed by atoms with E-state index in [1.165, 1.54) is 7.11 Å². The number of nitrogens with two attached hydrogens (primary N) is 1. The molecule has 2 saturated heterocycles. The molecule has 27 heavy (non-hydrogen) atoms. The van der Waals surface area contributed by atoms with Crippen molar-refractivity contribution in [3.63, 3.8) is 0 Å². The fraction of sp³-hybridized carbons (Fsp3) is 0.500. The summed E-state index contributed by atoms with van der Waals surface area (Å²) >= 11 is 6.24. The molecule has 8 nitrogen and oxygen atoms in total. The van der Waals surface area contributed by atoms with Gasteiger partial charge in [-0.25, -0.2) is 0 Å². The summed E-state index contributed by atoms with van der Waals surface area (Å²) in [6, 6.07) is 4.50. The van der Waals surface area contributed by atoms with Crippen LogP contribution in [0.5, 0.6) is 0 Å². The van der Waals surface area contributed by atoms with Gasteiger partial charge in [-0.3, -0.25) is 19.3 Å². The largest absolute Gasteiger partial charge is 0.387 e. The quantitative estimate of drug-likeness (QED) is 0.571. The summed E-state index contributed by atoms with van der Waals surface area (Å²) in [5.74, 6) is -2.86. The molecule has 1 aromatic carbocycles. The van der Waals surface area contributed by atoms with Gasteiger partial charge < -0.3 is 20.5 Å². The highest BCUT2D eigenvalue weighted by Gasteiger charge is 2.74. The lowest BCUT2D eigenvalue weighted by atomic mass is 9.76. The van der Waals surface area contributed by atoms with Gasteiger partial charge in [-0.2, -0.15) is 0 Å². The van der Waals surface area contributed by atoms with Crippen LogP contribution in [0.4, 0.5) is 5.69 Å². The van der Waals surface area contributed by atoms with E-state index in [2.05, 4.69) is 5.32 Å². The monoisotopic (exact) mass is 394 g/mol. The lowest BCUT2D eigenvalue weighted by Gasteiger charge is -2.26. The Morgan fingerprint density at radius 1 is 1.37 bits per heavy atom. The van der Waals surface area contributed by atoms with Crippen molar-refractivity contribution in [2.24, 2.45) is 11.8 Å². The van der Waals surface area contributed by atoms with Crippen molar-refractivity contribution >= 4 is 35.0 Å². The van der Waals surface area contributed by atoms with Gasteiger partial charge in [0.15, 0.2) is 0 Å². The Kier molecular flexibility index (Phi) is 4.27. The average molecular weight is 395 g/mol. The minimum Gasteiger partial charge on any atom is -0.387 e. The fourth-order valence-electron chi connectivity index (χ4n) is 4.78. The van der Waals surface area contributed by atoms with Crippen LogP contribution in [0.3, 0.4) is 0 Å². The summed E-state index contributed by atoms with van der Waals surface area (Å²) in [5.41, 5.74) is -0.282. The Morgan fingerprint density at radius 3 is 2.78 bits per heavy atom. The molecule has 0 aliphatic carbocycles. The van der Waals surface area contributed by atoms with Crippen LogP contribution in [0.15, 0.2) is 18.2 Å². The van der Waals surface area contributed by atoms with Crippen molar-refractivity contribution in [3.8, 4) is 0 Å². The molecule has 0 aromatic heterocycles. The predicted octanol–water partition coefficient (Wildman–Crippen LogP) is -0.939. The van der Waals surface area contributed by atoms with Gasteiger partial charge in [0.25, 0.3) is 5.91 Å². The van der Waals surface area contributed by atoms with E-state index in [0.717, 1.165) is 4.90 Å². The van der Waals surface area contributed by atoms with E-state index < -0.39 is 41.3 Å². The van der Waals surface area contributed by atoms with E-state index in [0.29, 0.717) is 16.3 Å². The summed E-state index contributed by atoms with van der Waals surface area (Å²) in [6.45, 7) is 1.90. The van der Waals surface area contributed by atoms with Crippen LogP contribution in [-0.4, -0.2) is 60.1 Å². The molecule has 3 aliphatic rings. The molecule has 0 saturated carbocycles. The first-order valence-electron chi connectivity index (χ1n) is 8.83. The Bertz CT molecular complexity index is 844. The van der Waals surface area contributed by atoms with E-state index in [-0.39, 0.29) is 19.1 Å². The van der Waals surface area contributed by atoms with E-state index in [1.54, 1.807) is 30.4 Å². The Morgan fingerprint density at radius 2 is 2.11 bits per heavy atom. The van der Waals surface area contributed by atoms with Crippen molar-refractivity contribution in [1.29, 1.82) is 0 Å². The maximum absolute atomic E-state index is 13.2. The number of hydrogen-bond acceptors (Lipinski definition) is 5. The number of methoxy groups -OCH3 is 1. The van der Waals surface area contributed by atoms with Gasteiger partial charge in [-0.1, -0.05) is 17.7 Å². The normalized spacial score (nSPS) is 32.8. The molecule has 0 bridgehead atoms. The Hall–Kier alpha value is -2.00. The number of imide groups is 1. The van der Waals surface area contributed by atoms with Gasteiger partial charge in [-0.15, -0.1) is 0 Å². The smallest absolute Gasteiger partial charge is 0.291 e. The van der Waals surface area contributed by atoms with Crippen molar-refractivity contribution in [3.05, 3.63) is 28.8 Å². The maximum atomic E-state index is 13.2. The van der Waals surface area contributed by atoms with Crippen molar-refractivity contribution in [1.82, 2.24) is 4.90 Å². The molecular weight excluding hydrogens is 374 g/mol. The molecule has 2 fully saturated rings. The zero-order valence-electron chi connectivity index (χ0n) is 14.9. The van der Waals surface area contributed by atoms with Crippen molar-refractivity contribution in [2.45, 2.75) is 24.6 Å². The molecule has 1 aromatic rings. The number of para-hydroxylation sites is 1. The van der Waals surface area contributed by atoms with Gasteiger partial charge in [0.2, 0.25) is 17.4 Å². The number of quaternary nitrogens is 1. The van der Waals surface area contributed by atoms with Gasteiger partial charge in [0.05, 0.1) is 23.9 Å². The van der Waals surface area contributed by atoms with Crippen LogP contribution < -0.4 is 10.6 Å². The number of aliphatic hydroxyl groups excluding tert-OH is 1. The molecule has 144 valence electrons. The molecule has 1 spiro atoms.